The number of hydrogen-bond donors (Lipinski definition) is 2. The third-order valence-electron chi connectivity index (χ3n) is 3.72. The summed E-state index contributed by atoms with van der Waals surface area (Å²) in [5.74, 6) is 0.614. The highest BCUT2D eigenvalue weighted by atomic mass is 16.2. The average Bonchev–Trinajstić information content (AvgIpc) is 2.21. The summed E-state index contributed by atoms with van der Waals surface area (Å²) in [7, 11) is 0. The summed E-state index contributed by atoms with van der Waals surface area (Å²) in [5, 5.41) is 3.13. The summed E-state index contributed by atoms with van der Waals surface area (Å²) >= 11 is 0. The van der Waals surface area contributed by atoms with Crippen LogP contribution in [0.25, 0.3) is 0 Å². The van der Waals surface area contributed by atoms with Gasteiger partial charge in [-0.15, -0.1) is 0 Å². The second kappa shape index (κ2) is 5.67. The van der Waals surface area contributed by atoms with Crippen LogP contribution in [0.5, 0.6) is 0 Å². The third kappa shape index (κ3) is 3.48. The maximum atomic E-state index is 12.0. The molecule has 1 aliphatic carbocycles. The van der Waals surface area contributed by atoms with Gasteiger partial charge in [0.05, 0.1) is 5.54 Å². The number of nitrogens with two attached hydrogens (primary N) is 1. The van der Waals surface area contributed by atoms with E-state index in [9.17, 15) is 4.79 Å². The van der Waals surface area contributed by atoms with E-state index < -0.39 is 5.54 Å². The van der Waals surface area contributed by atoms with E-state index in [-0.39, 0.29) is 5.91 Å². The first-order valence-electron chi connectivity index (χ1n) is 6.57. The van der Waals surface area contributed by atoms with Gasteiger partial charge >= 0.3 is 0 Å². The molecule has 1 saturated carbocycles. The molecule has 0 aromatic heterocycles. The maximum Gasteiger partial charge on any atom is 0.240 e. The second-order valence-corrected chi connectivity index (χ2v) is 5.51. The Hall–Kier alpha value is -0.570. The molecule has 16 heavy (non-hydrogen) atoms. The SMILES string of the molecule is CCCC(C)(N)C(=O)NC1CCCCC1C. The molecule has 3 nitrogen and oxygen atoms in total. The van der Waals surface area contributed by atoms with Crippen LogP contribution in [0.4, 0.5) is 0 Å². The summed E-state index contributed by atoms with van der Waals surface area (Å²) in [6.45, 7) is 6.11. The van der Waals surface area contributed by atoms with Crippen molar-refractivity contribution in [3.63, 3.8) is 0 Å². The zero-order valence-electron chi connectivity index (χ0n) is 10.9. The van der Waals surface area contributed by atoms with E-state index in [0.717, 1.165) is 19.3 Å². The van der Waals surface area contributed by atoms with Crippen molar-refractivity contribution in [2.24, 2.45) is 11.7 Å². The minimum atomic E-state index is -0.702. The lowest BCUT2D eigenvalue weighted by atomic mass is 9.85. The molecule has 1 aliphatic rings. The fourth-order valence-electron chi connectivity index (χ4n) is 2.50. The highest BCUT2D eigenvalue weighted by molar-refractivity contribution is 5.85. The Morgan fingerprint density at radius 2 is 2.06 bits per heavy atom. The molecule has 0 heterocycles. The number of amides is 1. The first kappa shape index (κ1) is 13.5. The van der Waals surface area contributed by atoms with Gasteiger partial charge in [-0.05, 0) is 32.1 Å². The molecule has 1 amide bonds. The van der Waals surface area contributed by atoms with Gasteiger partial charge < -0.3 is 11.1 Å². The predicted molar refractivity (Wildman–Crippen MR) is 67.1 cm³/mol. The van der Waals surface area contributed by atoms with Gasteiger partial charge in [-0.25, -0.2) is 0 Å². The number of hydrogen-bond acceptors (Lipinski definition) is 2. The Morgan fingerprint density at radius 1 is 1.44 bits per heavy atom. The summed E-state index contributed by atoms with van der Waals surface area (Å²) in [4.78, 5) is 12.0. The van der Waals surface area contributed by atoms with Gasteiger partial charge in [0.2, 0.25) is 5.91 Å². The summed E-state index contributed by atoms with van der Waals surface area (Å²) in [6.07, 6.45) is 6.54. The van der Waals surface area contributed by atoms with E-state index in [4.69, 9.17) is 5.73 Å². The van der Waals surface area contributed by atoms with Crippen LogP contribution in [-0.2, 0) is 4.79 Å². The lowest BCUT2D eigenvalue weighted by Crippen LogP contribution is -2.55. The smallest absolute Gasteiger partial charge is 0.240 e. The quantitative estimate of drug-likeness (QED) is 0.772. The first-order valence-corrected chi connectivity index (χ1v) is 6.57. The number of carbonyl (C=O) groups is 1. The second-order valence-electron chi connectivity index (χ2n) is 5.51. The van der Waals surface area contributed by atoms with Crippen LogP contribution in [0.3, 0.4) is 0 Å². The molecule has 3 atom stereocenters. The molecule has 3 unspecified atom stereocenters. The maximum absolute atomic E-state index is 12.0. The largest absolute Gasteiger partial charge is 0.352 e. The van der Waals surface area contributed by atoms with E-state index in [1.54, 1.807) is 0 Å². The van der Waals surface area contributed by atoms with E-state index in [2.05, 4.69) is 19.2 Å². The Labute approximate surface area is 99.2 Å². The fourth-order valence-corrected chi connectivity index (χ4v) is 2.50. The molecular formula is C13H26N2O. The van der Waals surface area contributed by atoms with Crippen molar-refractivity contribution in [3.05, 3.63) is 0 Å². The Kier molecular flexibility index (Phi) is 4.78. The third-order valence-corrected chi connectivity index (χ3v) is 3.72. The Bertz CT molecular complexity index is 238. The molecule has 0 saturated heterocycles. The van der Waals surface area contributed by atoms with Crippen molar-refractivity contribution in [1.82, 2.24) is 5.32 Å². The van der Waals surface area contributed by atoms with Crippen LogP contribution in [0.1, 0.15) is 59.3 Å². The van der Waals surface area contributed by atoms with Gasteiger partial charge in [-0.2, -0.15) is 0 Å². The van der Waals surface area contributed by atoms with Gasteiger partial charge in [0.15, 0.2) is 0 Å². The molecule has 0 aromatic carbocycles. The molecule has 0 radical (unpaired) electrons. The standard InChI is InChI=1S/C13H26N2O/c1-4-9-13(3,14)12(16)15-11-8-6-5-7-10(11)2/h10-11H,4-9,14H2,1-3H3,(H,15,16). The van der Waals surface area contributed by atoms with E-state index in [1.807, 2.05) is 6.92 Å². The monoisotopic (exact) mass is 226 g/mol. The first-order chi connectivity index (χ1) is 7.47. The normalized spacial score (nSPS) is 29.5. The highest BCUT2D eigenvalue weighted by Gasteiger charge is 2.31. The predicted octanol–water partition coefficient (Wildman–Crippen LogP) is 2.20. The Balaban J connectivity index is 2.49. The van der Waals surface area contributed by atoms with Crippen LogP contribution in [0.2, 0.25) is 0 Å². The zero-order chi connectivity index (χ0) is 12.2. The van der Waals surface area contributed by atoms with Crippen molar-refractivity contribution >= 4 is 5.91 Å². The van der Waals surface area contributed by atoms with Gasteiger partial charge in [0.1, 0.15) is 0 Å². The zero-order valence-corrected chi connectivity index (χ0v) is 10.9. The molecule has 94 valence electrons. The van der Waals surface area contributed by atoms with Crippen LogP contribution in [0.15, 0.2) is 0 Å². The molecule has 0 aromatic rings. The van der Waals surface area contributed by atoms with Crippen molar-refractivity contribution < 1.29 is 4.79 Å². The molecule has 1 rings (SSSR count). The van der Waals surface area contributed by atoms with Crippen molar-refractivity contribution in [1.29, 1.82) is 0 Å². The van der Waals surface area contributed by atoms with Gasteiger partial charge in [-0.3, -0.25) is 4.79 Å². The highest BCUT2D eigenvalue weighted by Crippen LogP contribution is 2.24. The number of rotatable bonds is 4. The van der Waals surface area contributed by atoms with Crippen LogP contribution >= 0.6 is 0 Å². The number of nitrogens with one attached hydrogen (secondary N) is 1. The fraction of sp³-hybridized carbons (Fsp3) is 0.923. The Morgan fingerprint density at radius 3 is 2.62 bits per heavy atom. The minimum Gasteiger partial charge on any atom is -0.352 e. The minimum absolute atomic E-state index is 0.0214. The van der Waals surface area contributed by atoms with Gasteiger partial charge in [-0.1, -0.05) is 33.1 Å². The van der Waals surface area contributed by atoms with Crippen molar-refractivity contribution in [2.75, 3.05) is 0 Å². The number of carbonyl (C=O) groups excluding carboxylic acids is 1. The lowest BCUT2D eigenvalue weighted by molar-refractivity contribution is -0.127. The molecule has 0 spiro atoms. The lowest BCUT2D eigenvalue weighted by Gasteiger charge is -2.33. The molecule has 0 aliphatic heterocycles. The van der Waals surface area contributed by atoms with E-state index >= 15 is 0 Å². The van der Waals surface area contributed by atoms with Crippen molar-refractivity contribution in [2.45, 2.75) is 70.9 Å². The average molecular weight is 226 g/mol. The summed E-state index contributed by atoms with van der Waals surface area (Å²) in [6, 6.07) is 0.334. The van der Waals surface area contributed by atoms with Crippen molar-refractivity contribution in [3.8, 4) is 0 Å². The van der Waals surface area contributed by atoms with Crippen LogP contribution < -0.4 is 11.1 Å². The molecule has 1 fully saturated rings. The molecular weight excluding hydrogens is 200 g/mol. The van der Waals surface area contributed by atoms with E-state index in [0.29, 0.717) is 12.0 Å². The van der Waals surface area contributed by atoms with E-state index in [1.165, 1.54) is 19.3 Å². The summed E-state index contributed by atoms with van der Waals surface area (Å²) < 4.78 is 0. The van der Waals surface area contributed by atoms with Crippen LogP contribution in [0, 0.1) is 5.92 Å². The topological polar surface area (TPSA) is 55.1 Å². The van der Waals surface area contributed by atoms with Gasteiger partial charge in [0.25, 0.3) is 0 Å². The van der Waals surface area contributed by atoms with Gasteiger partial charge in [0, 0.05) is 6.04 Å². The molecule has 3 heteroatoms. The molecule has 0 bridgehead atoms. The molecule has 3 N–H and O–H groups in total. The van der Waals surface area contributed by atoms with Crippen LogP contribution in [-0.4, -0.2) is 17.5 Å². The summed E-state index contributed by atoms with van der Waals surface area (Å²) in [5.41, 5.74) is 5.32.